The van der Waals surface area contributed by atoms with E-state index in [9.17, 15) is 8.42 Å². The van der Waals surface area contributed by atoms with Gasteiger partial charge in [0.1, 0.15) is 0 Å². The van der Waals surface area contributed by atoms with Gasteiger partial charge in [-0.2, -0.15) is 5.10 Å². The van der Waals surface area contributed by atoms with Gasteiger partial charge in [-0.15, -0.1) is 0 Å². The number of aryl methyl sites for hydroxylation is 1. The van der Waals surface area contributed by atoms with Crippen molar-refractivity contribution >= 4 is 9.84 Å². The molecule has 1 aromatic heterocycles. The summed E-state index contributed by atoms with van der Waals surface area (Å²) in [7, 11) is -2.87. The van der Waals surface area contributed by atoms with E-state index in [0.29, 0.717) is 18.1 Å². The molecule has 1 N–H and O–H groups in total. The highest BCUT2D eigenvalue weighted by atomic mass is 32.2. The number of hydrogen-bond donors (Lipinski definition) is 1. The molecule has 0 spiro atoms. The van der Waals surface area contributed by atoms with Gasteiger partial charge >= 0.3 is 0 Å². The van der Waals surface area contributed by atoms with Crippen LogP contribution in [-0.4, -0.2) is 42.8 Å². The zero-order chi connectivity index (χ0) is 15.6. The Labute approximate surface area is 128 Å². The van der Waals surface area contributed by atoms with Crippen molar-refractivity contribution in [2.24, 2.45) is 0 Å². The van der Waals surface area contributed by atoms with E-state index in [1.807, 2.05) is 11.6 Å². The first-order chi connectivity index (χ1) is 9.85. The summed E-state index contributed by atoms with van der Waals surface area (Å²) in [4.78, 5) is 0. The van der Waals surface area contributed by atoms with Crippen molar-refractivity contribution in [1.29, 1.82) is 0 Å². The number of sulfone groups is 1. The lowest BCUT2D eigenvalue weighted by Crippen LogP contribution is -2.21. The van der Waals surface area contributed by atoms with Crippen molar-refractivity contribution in [1.82, 2.24) is 15.1 Å². The molecule has 2 heterocycles. The molecule has 1 aromatic rings. The fourth-order valence-electron chi connectivity index (χ4n) is 3.31. The van der Waals surface area contributed by atoms with Crippen LogP contribution in [0.5, 0.6) is 0 Å². The average molecular weight is 313 g/mol. The van der Waals surface area contributed by atoms with Crippen LogP contribution in [0.15, 0.2) is 0 Å². The molecule has 0 amide bonds. The molecule has 0 aromatic carbocycles. The smallest absolute Gasteiger partial charge is 0.152 e. The minimum atomic E-state index is -2.87. The molecule has 1 aliphatic rings. The van der Waals surface area contributed by atoms with Crippen LogP contribution in [0.25, 0.3) is 0 Å². The first-order valence-electron chi connectivity index (χ1n) is 7.82. The van der Waals surface area contributed by atoms with Crippen LogP contribution in [0.2, 0.25) is 0 Å². The Morgan fingerprint density at radius 3 is 2.71 bits per heavy atom. The lowest BCUT2D eigenvalue weighted by atomic mass is 9.99. The first kappa shape index (κ1) is 16.5. The molecule has 1 aliphatic heterocycles. The standard InChI is InChI=1S/C15H27N3O2S/c1-5-7-16-9-11(2)15-12(3)17-18(13(15)4)14-6-8-21(19,20)10-14/h11,14,16H,5-10H2,1-4H3. The largest absolute Gasteiger partial charge is 0.316 e. The highest BCUT2D eigenvalue weighted by Gasteiger charge is 2.32. The minimum Gasteiger partial charge on any atom is -0.316 e. The van der Waals surface area contributed by atoms with Gasteiger partial charge in [0, 0.05) is 17.8 Å². The number of rotatable bonds is 6. The summed E-state index contributed by atoms with van der Waals surface area (Å²) in [6.07, 6.45) is 1.82. The van der Waals surface area contributed by atoms with Gasteiger partial charge in [0.05, 0.1) is 23.2 Å². The van der Waals surface area contributed by atoms with E-state index in [-0.39, 0.29) is 11.8 Å². The third kappa shape index (κ3) is 3.66. The second-order valence-corrected chi connectivity index (χ2v) is 8.42. The van der Waals surface area contributed by atoms with Crippen molar-refractivity contribution in [3.05, 3.63) is 17.0 Å². The van der Waals surface area contributed by atoms with Crippen LogP contribution in [0, 0.1) is 13.8 Å². The molecule has 2 rings (SSSR count). The molecule has 2 unspecified atom stereocenters. The Kier molecular flexibility index (Phi) is 5.09. The number of nitrogens with one attached hydrogen (secondary N) is 1. The SMILES string of the molecule is CCCNCC(C)c1c(C)nn(C2CCS(=O)(=O)C2)c1C. The highest BCUT2D eigenvalue weighted by molar-refractivity contribution is 7.91. The third-order valence-corrected chi connectivity index (χ3v) is 6.06. The molecule has 0 aliphatic carbocycles. The maximum Gasteiger partial charge on any atom is 0.152 e. The molecule has 6 heteroatoms. The lowest BCUT2D eigenvalue weighted by molar-refractivity contribution is 0.484. The van der Waals surface area contributed by atoms with Gasteiger partial charge in [0.15, 0.2) is 9.84 Å². The normalized spacial score (nSPS) is 22.6. The van der Waals surface area contributed by atoms with Crippen molar-refractivity contribution in [2.75, 3.05) is 24.6 Å². The summed E-state index contributed by atoms with van der Waals surface area (Å²) in [5, 5.41) is 8.08. The van der Waals surface area contributed by atoms with E-state index in [0.717, 1.165) is 30.9 Å². The lowest BCUT2D eigenvalue weighted by Gasteiger charge is -2.15. The van der Waals surface area contributed by atoms with Crippen LogP contribution in [0.1, 0.15) is 55.6 Å². The van der Waals surface area contributed by atoms with Gasteiger partial charge in [-0.3, -0.25) is 4.68 Å². The van der Waals surface area contributed by atoms with E-state index in [1.165, 1.54) is 5.56 Å². The zero-order valence-electron chi connectivity index (χ0n) is 13.5. The first-order valence-corrected chi connectivity index (χ1v) is 9.64. The Hall–Kier alpha value is -0.880. The van der Waals surface area contributed by atoms with Gasteiger partial charge in [-0.25, -0.2) is 8.42 Å². The van der Waals surface area contributed by atoms with E-state index in [4.69, 9.17) is 0 Å². The topological polar surface area (TPSA) is 64.0 Å². The number of aromatic nitrogens is 2. The number of nitrogens with zero attached hydrogens (tertiary/aromatic N) is 2. The summed E-state index contributed by atoms with van der Waals surface area (Å²) >= 11 is 0. The Morgan fingerprint density at radius 1 is 1.43 bits per heavy atom. The molecule has 2 atom stereocenters. The molecular formula is C15H27N3O2S. The van der Waals surface area contributed by atoms with Crippen LogP contribution in [0.3, 0.4) is 0 Å². The fraction of sp³-hybridized carbons (Fsp3) is 0.800. The molecule has 5 nitrogen and oxygen atoms in total. The van der Waals surface area contributed by atoms with E-state index >= 15 is 0 Å². The Balaban J connectivity index is 2.18. The zero-order valence-corrected chi connectivity index (χ0v) is 14.3. The quantitative estimate of drug-likeness (QED) is 0.816. The van der Waals surface area contributed by atoms with E-state index < -0.39 is 9.84 Å². The van der Waals surface area contributed by atoms with Crippen LogP contribution in [-0.2, 0) is 9.84 Å². The van der Waals surface area contributed by atoms with E-state index in [1.54, 1.807) is 0 Å². The van der Waals surface area contributed by atoms with Crippen LogP contribution >= 0.6 is 0 Å². The predicted octanol–water partition coefficient (Wildman–Crippen LogP) is 1.96. The fourth-order valence-corrected chi connectivity index (χ4v) is 5.00. The number of hydrogen-bond acceptors (Lipinski definition) is 4. The Morgan fingerprint density at radius 2 is 2.14 bits per heavy atom. The van der Waals surface area contributed by atoms with Gasteiger partial charge < -0.3 is 5.32 Å². The van der Waals surface area contributed by atoms with Crippen molar-refractivity contribution in [2.45, 2.75) is 52.5 Å². The second-order valence-electron chi connectivity index (χ2n) is 6.19. The predicted molar refractivity (Wildman–Crippen MR) is 85.6 cm³/mol. The molecule has 1 saturated heterocycles. The van der Waals surface area contributed by atoms with Crippen LogP contribution in [0.4, 0.5) is 0 Å². The summed E-state index contributed by atoms with van der Waals surface area (Å²) in [5.41, 5.74) is 3.42. The van der Waals surface area contributed by atoms with Crippen molar-refractivity contribution in [3.63, 3.8) is 0 Å². The van der Waals surface area contributed by atoms with Gasteiger partial charge in [-0.05, 0) is 39.2 Å². The monoisotopic (exact) mass is 313 g/mol. The molecule has 21 heavy (non-hydrogen) atoms. The van der Waals surface area contributed by atoms with Crippen molar-refractivity contribution < 1.29 is 8.42 Å². The maximum atomic E-state index is 11.7. The molecule has 0 bridgehead atoms. The molecule has 120 valence electrons. The van der Waals surface area contributed by atoms with E-state index in [2.05, 4.69) is 31.2 Å². The van der Waals surface area contributed by atoms with Gasteiger partial charge in [0.2, 0.25) is 0 Å². The summed E-state index contributed by atoms with van der Waals surface area (Å²) in [5.74, 6) is 0.916. The molecule has 1 fully saturated rings. The van der Waals surface area contributed by atoms with Crippen LogP contribution < -0.4 is 5.32 Å². The van der Waals surface area contributed by atoms with Gasteiger partial charge in [0.25, 0.3) is 0 Å². The summed E-state index contributed by atoms with van der Waals surface area (Å²) in [6, 6.07) is 0.0123. The average Bonchev–Trinajstić information content (AvgIpc) is 2.89. The maximum absolute atomic E-state index is 11.7. The van der Waals surface area contributed by atoms with Gasteiger partial charge in [-0.1, -0.05) is 13.8 Å². The third-order valence-electron chi connectivity index (χ3n) is 4.31. The molecular weight excluding hydrogens is 286 g/mol. The minimum absolute atomic E-state index is 0.0123. The van der Waals surface area contributed by atoms with Crippen molar-refractivity contribution in [3.8, 4) is 0 Å². The second kappa shape index (κ2) is 6.48. The highest BCUT2D eigenvalue weighted by Crippen LogP contribution is 2.29. The summed E-state index contributed by atoms with van der Waals surface area (Å²) in [6.45, 7) is 10.4. The summed E-state index contributed by atoms with van der Waals surface area (Å²) < 4.78 is 25.3. The molecule has 0 saturated carbocycles. The molecule has 0 radical (unpaired) electrons. The Bertz CT molecular complexity index is 592.